The normalized spacial score (nSPS) is 11.0. The van der Waals surface area contributed by atoms with Crippen LogP contribution in [0.5, 0.6) is 5.75 Å². The third kappa shape index (κ3) is 5.63. The van der Waals surface area contributed by atoms with E-state index in [0.29, 0.717) is 6.61 Å². The van der Waals surface area contributed by atoms with Crippen molar-refractivity contribution in [3.8, 4) is 5.75 Å². The van der Waals surface area contributed by atoms with Gasteiger partial charge in [0.15, 0.2) is 0 Å². The molecule has 0 aromatic heterocycles. The zero-order valence-corrected chi connectivity index (χ0v) is 12.4. The summed E-state index contributed by atoms with van der Waals surface area (Å²) in [6, 6.07) is 17.6. The molecule has 4 heteroatoms. The Bertz CT molecular complexity index is 664. The smallest absolute Gasteiger partial charge is 0.236 e. The number of hydrazone groups is 1. The Hall–Kier alpha value is -2.88. The van der Waals surface area contributed by atoms with Crippen molar-refractivity contribution in [2.75, 3.05) is 6.61 Å². The molecule has 1 N–H and O–H groups in total. The van der Waals surface area contributed by atoms with Crippen LogP contribution in [-0.4, -0.2) is 18.7 Å². The van der Waals surface area contributed by atoms with Gasteiger partial charge in [-0.15, -0.1) is 0 Å². The van der Waals surface area contributed by atoms with Gasteiger partial charge in [-0.25, -0.2) is 5.43 Å². The van der Waals surface area contributed by atoms with Crippen molar-refractivity contribution >= 4 is 18.2 Å². The van der Waals surface area contributed by atoms with Crippen LogP contribution in [0.4, 0.5) is 0 Å². The van der Waals surface area contributed by atoms with Crippen molar-refractivity contribution in [3.05, 3.63) is 71.8 Å². The molecule has 2 aromatic rings. The molecule has 112 valence electrons. The van der Waals surface area contributed by atoms with E-state index in [1.165, 1.54) is 6.92 Å². The van der Waals surface area contributed by atoms with Gasteiger partial charge in [0.2, 0.25) is 5.91 Å². The maximum Gasteiger partial charge on any atom is 0.236 e. The maximum atomic E-state index is 10.7. The zero-order valence-electron chi connectivity index (χ0n) is 12.4. The zero-order chi connectivity index (χ0) is 15.6. The molecule has 0 aliphatic rings. The fourth-order valence-electron chi connectivity index (χ4n) is 1.78. The highest BCUT2D eigenvalue weighted by molar-refractivity contribution is 5.82. The summed E-state index contributed by atoms with van der Waals surface area (Å²) in [7, 11) is 0. The first-order valence-electron chi connectivity index (χ1n) is 6.98. The topological polar surface area (TPSA) is 50.7 Å². The summed E-state index contributed by atoms with van der Waals surface area (Å²) < 4.78 is 5.66. The van der Waals surface area contributed by atoms with Crippen molar-refractivity contribution in [3.63, 3.8) is 0 Å². The molecule has 2 rings (SSSR count). The summed E-state index contributed by atoms with van der Waals surface area (Å²) in [4.78, 5) is 10.7. The minimum Gasteiger partial charge on any atom is -0.490 e. The van der Waals surface area contributed by atoms with Crippen molar-refractivity contribution < 1.29 is 9.53 Å². The number of nitrogens with zero attached hydrogens (tertiary/aromatic N) is 1. The van der Waals surface area contributed by atoms with Crippen LogP contribution in [0.2, 0.25) is 0 Å². The summed E-state index contributed by atoms with van der Waals surface area (Å²) in [5.74, 6) is 0.555. The van der Waals surface area contributed by atoms with Gasteiger partial charge in [0.1, 0.15) is 12.4 Å². The first kappa shape index (κ1) is 15.5. The molecule has 4 nitrogen and oxygen atoms in total. The Morgan fingerprint density at radius 2 is 1.91 bits per heavy atom. The van der Waals surface area contributed by atoms with Crippen molar-refractivity contribution in [2.24, 2.45) is 5.10 Å². The van der Waals surface area contributed by atoms with Crippen LogP contribution >= 0.6 is 0 Å². The van der Waals surface area contributed by atoms with Crippen LogP contribution < -0.4 is 10.2 Å². The first-order chi connectivity index (χ1) is 10.7. The number of carbonyl (C=O) groups is 1. The van der Waals surface area contributed by atoms with Gasteiger partial charge in [0, 0.05) is 6.92 Å². The molecule has 0 heterocycles. The van der Waals surface area contributed by atoms with Crippen LogP contribution in [-0.2, 0) is 4.79 Å². The van der Waals surface area contributed by atoms with E-state index in [9.17, 15) is 4.79 Å². The molecular weight excluding hydrogens is 276 g/mol. The third-order valence-corrected chi connectivity index (χ3v) is 2.75. The molecule has 0 saturated carbocycles. The number of hydrogen-bond acceptors (Lipinski definition) is 3. The summed E-state index contributed by atoms with van der Waals surface area (Å²) in [6.45, 7) is 1.90. The van der Waals surface area contributed by atoms with E-state index in [4.69, 9.17) is 4.74 Å². The molecule has 0 spiro atoms. The Morgan fingerprint density at radius 3 is 2.68 bits per heavy atom. The van der Waals surface area contributed by atoms with E-state index in [2.05, 4.69) is 10.5 Å². The minimum atomic E-state index is -0.199. The minimum absolute atomic E-state index is 0.199. The average molecular weight is 294 g/mol. The highest BCUT2D eigenvalue weighted by Crippen LogP contribution is 2.12. The molecule has 22 heavy (non-hydrogen) atoms. The molecule has 0 atom stereocenters. The van der Waals surface area contributed by atoms with Gasteiger partial charge in [-0.05, 0) is 29.3 Å². The van der Waals surface area contributed by atoms with Gasteiger partial charge in [-0.2, -0.15) is 5.10 Å². The number of benzene rings is 2. The van der Waals surface area contributed by atoms with Gasteiger partial charge in [-0.3, -0.25) is 4.79 Å². The highest BCUT2D eigenvalue weighted by Gasteiger charge is 1.94. The second kappa shape index (κ2) is 8.42. The number of carbonyl (C=O) groups excluding carboxylic acids is 1. The summed E-state index contributed by atoms with van der Waals surface area (Å²) in [6.07, 6.45) is 5.56. The monoisotopic (exact) mass is 294 g/mol. The predicted octanol–water partition coefficient (Wildman–Crippen LogP) is 3.25. The lowest BCUT2D eigenvalue weighted by atomic mass is 10.2. The fourth-order valence-corrected chi connectivity index (χ4v) is 1.78. The first-order valence-corrected chi connectivity index (χ1v) is 6.98. The Kier molecular flexibility index (Phi) is 5.93. The number of nitrogens with one attached hydrogen (secondary N) is 1. The predicted molar refractivity (Wildman–Crippen MR) is 88.8 cm³/mol. The van der Waals surface area contributed by atoms with Crippen LogP contribution in [0.25, 0.3) is 6.08 Å². The Morgan fingerprint density at radius 1 is 1.14 bits per heavy atom. The van der Waals surface area contributed by atoms with E-state index in [0.717, 1.165) is 16.9 Å². The maximum absolute atomic E-state index is 10.7. The van der Waals surface area contributed by atoms with Crippen LogP contribution in [0.15, 0.2) is 65.8 Å². The lowest BCUT2D eigenvalue weighted by molar-refractivity contribution is -0.118. The van der Waals surface area contributed by atoms with E-state index in [-0.39, 0.29) is 5.91 Å². The van der Waals surface area contributed by atoms with Crippen molar-refractivity contribution in [1.82, 2.24) is 5.43 Å². The second-order valence-electron chi connectivity index (χ2n) is 4.62. The number of rotatable bonds is 6. The molecule has 0 unspecified atom stereocenters. The second-order valence-corrected chi connectivity index (χ2v) is 4.62. The van der Waals surface area contributed by atoms with Crippen LogP contribution in [0, 0.1) is 0 Å². The highest BCUT2D eigenvalue weighted by atomic mass is 16.5. The fraction of sp³-hybridized carbons (Fsp3) is 0.111. The summed E-state index contributed by atoms with van der Waals surface area (Å²) in [5.41, 5.74) is 4.36. The number of hydrogen-bond donors (Lipinski definition) is 1. The van der Waals surface area contributed by atoms with Gasteiger partial charge >= 0.3 is 0 Å². The third-order valence-electron chi connectivity index (χ3n) is 2.75. The van der Waals surface area contributed by atoms with E-state index in [1.807, 2.05) is 66.7 Å². The Balaban J connectivity index is 1.86. The molecule has 0 radical (unpaired) electrons. The molecule has 0 aliphatic carbocycles. The van der Waals surface area contributed by atoms with E-state index < -0.39 is 0 Å². The van der Waals surface area contributed by atoms with E-state index in [1.54, 1.807) is 6.21 Å². The van der Waals surface area contributed by atoms with Gasteiger partial charge in [0.05, 0.1) is 6.21 Å². The largest absolute Gasteiger partial charge is 0.490 e. The van der Waals surface area contributed by atoms with Crippen molar-refractivity contribution in [1.29, 1.82) is 0 Å². The lowest BCUT2D eigenvalue weighted by Crippen LogP contribution is -2.12. The molecule has 0 aliphatic heterocycles. The van der Waals surface area contributed by atoms with Gasteiger partial charge < -0.3 is 4.74 Å². The summed E-state index contributed by atoms with van der Waals surface area (Å²) >= 11 is 0. The lowest BCUT2D eigenvalue weighted by Gasteiger charge is -2.03. The Labute approximate surface area is 130 Å². The van der Waals surface area contributed by atoms with E-state index >= 15 is 0 Å². The summed E-state index contributed by atoms with van der Waals surface area (Å²) in [5, 5.41) is 3.82. The molecule has 0 saturated heterocycles. The molecule has 1 amide bonds. The number of ether oxygens (including phenoxy) is 1. The van der Waals surface area contributed by atoms with Crippen LogP contribution in [0.3, 0.4) is 0 Å². The quantitative estimate of drug-likeness (QED) is 0.657. The van der Waals surface area contributed by atoms with Gasteiger partial charge in [0.25, 0.3) is 0 Å². The van der Waals surface area contributed by atoms with Gasteiger partial charge in [-0.1, -0.05) is 48.5 Å². The SMILES string of the molecule is CC(=O)N/N=C/c1cccc(OC/C=C/c2ccccc2)c1. The average Bonchev–Trinajstić information content (AvgIpc) is 2.53. The van der Waals surface area contributed by atoms with Crippen molar-refractivity contribution in [2.45, 2.75) is 6.92 Å². The molecule has 2 aromatic carbocycles. The molecular formula is C18H18N2O2. The molecule has 0 bridgehead atoms. The standard InChI is InChI=1S/C18H18N2O2/c1-15(21)20-19-14-17-9-5-11-18(13-17)22-12-6-10-16-7-3-2-4-8-16/h2-11,13-14H,12H2,1H3,(H,20,21)/b10-6+,19-14+. The number of amides is 1. The van der Waals surface area contributed by atoms with Crippen LogP contribution in [0.1, 0.15) is 18.1 Å². The molecule has 0 fully saturated rings.